The second kappa shape index (κ2) is 9.69. The molecule has 0 bridgehead atoms. The van der Waals surface area contributed by atoms with Crippen molar-refractivity contribution in [1.29, 1.82) is 0 Å². The summed E-state index contributed by atoms with van der Waals surface area (Å²) in [7, 11) is 0. The third kappa shape index (κ3) is 5.42. The number of hydrogen-bond acceptors (Lipinski definition) is 3. The molecule has 0 atom stereocenters. The van der Waals surface area contributed by atoms with Gasteiger partial charge in [0.05, 0.1) is 12.3 Å². The molecule has 28 heavy (non-hydrogen) atoms. The van der Waals surface area contributed by atoms with E-state index in [0.717, 1.165) is 41.1 Å². The number of rotatable bonds is 8. The molecule has 0 aliphatic rings. The molecule has 0 saturated carbocycles. The third-order valence-corrected chi connectivity index (χ3v) is 4.35. The Morgan fingerprint density at radius 3 is 2.39 bits per heavy atom. The van der Waals surface area contributed by atoms with Crippen LogP contribution in [0.15, 0.2) is 54.7 Å². The second-order valence-corrected chi connectivity index (χ2v) is 6.48. The zero-order chi connectivity index (χ0) is 19.8. The van der Waals surface area contributed by atoms with Crippen molar-refractivity contribution in [2.45, 2.75) is 26.2 Å². The lowest BCUT2D eigenvalue weighted by atomic mass is 10.0. The van der Waals surface area contributed by atoms with Gasteiger partial charge < -0.3 is 15.0 Å². The number of nitrogens with zero attached hydrogens (tertiary/aromatic N) is 1. The molecule has 1 heterocycles. The van der Waals surface area contributed by atoms with Crippen molar-refractivity contribution in [1.82, 2.24) is 15.3 Å². The minimum atomic E-state index is -0.392. The minimum Gasteiger partial charge on any atom is -0.450 e. The van der Waals surface area contributed by atoms with Crippen LogP contribution in [0.25, 0.3) is 22.4 Å². The number of aromatic nitrogens is 2. The summed E-state index contributed by atoms with van der Waals surface area (Å²) in [5, 5.41) is 2.72. The average Bonchev–Trinajstić information content (AvgIpc) is 3.18. The monoisotopic (exact) mass is 381 g/mol. The fourth-order valence-electron chi connectivity index (χ4n) is 2.76. The Hall–Kier alpha value is -3.15. The number of amides is 1. The van der Waals surface area contributed by atoms with Crippen molar-refractivity contribution >= 4 is 6.09 Å². The Morgan fingerprint density at radius 2 is 1.71 bits per heavy atom. The first kappa shape index (κ1) is 19.6. The molecule has 1 amide bonds. The highest BCUT2D eigenvalue weighted by atomic mass is 19.1. The van der Waals surface area contributed by atoms with Crippen LogP contribution in [0.3, 0.4) is 0 Å². The predicted octanol–water partition coefficient (Wildman–Crippen LogP) is 4.95. The van der Waals surface area contributed by atoms with Crippen LogP contribution in [0.1, 0.15) is 25.6 Å². The van der Waals surface area contributed by atoms with E-state index in [9.17, 15) is 9.18 Å². The van der Waals surface area contributed by atoms with Crippen LogP contribution in [0, 0.1) is 5.82 Å². The number of benzene rings is 2. The molecule has 0 spiro atoms. The Balaban J connectivity index is 1.53. The summed E-state index contributed by atoms with van der Waals surface area (Å²) in [6.07, 6.45) is 3.91. The normalized spacial score (nSPS) is 10.6. The Bertz CT molecular complexity index is 889. The molecular weight excluding hydrogens is 357 g/mol. The highest BCUT2D eigenvalue weighted by Crippen LogP contribution is 2.24. The predicted molar refractivity (Wildman–Crippen MR) is 107 cm³/mol. The summed E-state index contributed by atoms with van der Waals surface area (Å²) in [4.78, 5) is 19.2. The fourth-order valence-corrected chi connectivity index (χ4v) is 2.76. The molecule has 1 aromatic heterocycles. The highest BCUT2D eigenvalue weighted by molar-refractivity contribution is 5.68. The van der Waals surface area contributed by atoms with Gasteiger partial charge in [-0.2, -0.15) is 0 Å². The second-order valence-electron chi connectivity index (χ2n) is 6.48. The molecule has 0 saturated heterocycles. The fraction of sp³-hybridized carbons (Fsp3) is 0.273. The van der Waals surface area contributed by atoms with E-state index in [1.807, 2.05) is 37.4 Å². The van der Waals surface area contributed by atoms with Gasteiger partial charge in [-0.3, -0.25) is 0 Å². The Kier molecular flexibility index (Phi) is 6.78. The quantitative estimate of drug-likeness (QED) is 0.543. The Morgan fingerprint density at radius 1 is 1.07 bits per heavy atom. The number of unbranched alkanes of at least 4 members (excludes halogenated alkanes) is 1. The molecule has 0 fully saturated rings. The van der Waals surface area contributed by atoms with Gasteiger partial charge in [0.15, 0.2) is 0 Å². The molecule has 0 unspecified atom stereocenters. The van der Waals surface area contributed by atoms with E-state index in [4.69, 9.17) is 4.74 Å². The molecular formula is C22H24FN3O2. The number of aromatic amines is 1. The summed E-state index contributed by atoms with van der Waals surface area (Å²) >= 11 is 0. The lowest BCUT2D eigenvalue weighted by Crippen LogP contribution is -2.27. The van der Waals surface area contributed by atoms with Gasteiger partial charge in [-0.25, -0.2) is 14.2 Å². The van der Waals surface area contributed by atoms with Crippen LogP contribution in [0.2, 0.25) is 0 Å². The van der Waals surface area contributed by atoms with Gasteiger partial charge >= 0.3 is 6.09 Å². The zero-order valence-electron chi connectivity index (χ0n) is 15.9. The molecule has 2 aromatic carbocycles. The zero-order valence-corrected chi connectivity index (χ0v) is 15.9. The smallest absolute Gasteiger partial charge is 0.407 e. The van der Waals surface area contributed by atoms with Gasteiger partial charge in [0.2, 0.25) is 0 Å². The van der Waals surface area contributed by atoms with Crippen LogP contribution in [-0.4, -0.2) is 29.2 Å². The number of imidazole rings is 1. The number of ether oxygens (including phenoxy) is 1. The molecule has 3 aromatic rings. The number of alkyl carbamates (subject to hydrolysis) is 1. The maximum atomic E-state index is 13.1. The van der Waals surface area contributed by atoms with Crippen LogP contribution in [0.4, 0.5) is 9.18 Å². The minimum absolute atomic E-state index is 0.242. The topological polar surface area (TPSA) is 67.0 Å². The van der Waals surface area contributed by atoms with Crippen LogP contribution >= 0.6 is 0 Å². The lowest BCUT2D eigenvalue weighted by Gasteiger charge is -2.05. The molecule has 2 N–H and O–H groups in total. The van der Waals surface area contributed by atoms with E-state index in [0.29, 0.717) is 19.6 Å². The van der Waals surface area contributed by atoms with Gasteiger partial charge in [-0.15, -0.1) is 0 Å². The largest absolute Gasteiger partial charge is 0.450 e. The van der Waals surface area contributed by atoms with E-state index in [1.54, 1.807) is 12.1 Å². The van der Waals surface area contributed by atoms with Crippen LogP contribution in [-0.2, 0) is 11.2 Å². The molecule has 146 valence electrons. The van der Waals surface area contributed by atoms with E-state index >= 15 is 0 Å². The Labute approximate surface area is 164 Å². The van der Waals surface area contributed by atoms with Crippen molar-refractivity contribution < 1.29 is 13.9 Å². The third-order valence-electron chi connectivity index (χ3n) is 4.35. The summed E-state index contributed by atoms with van der Waals surface area (Å²) in [5.41, 5.74) is 3.81. The SMILES string of the molecule is CCCCOC(=O)NCCc1nc(-c2ccc(-c3ccc(F)cc3)cc2)c[nH]1. The maximum absolute atomic E-state index is 13.1. The maximum Gasteiger partial charge on any atom is 0.407 e. The van der Waals surface area contributed by atoms with E-state index in [2.05, 4.69) is 15.3 Å². The van der Waals surface area contributed by atoms with Crippen molar-refractivity contribution in [2.24, 2.45) is 0 Å². The number of nitrogens with one attached hydrogen (secondary N) is 2. The summed E-state index contributed by atoms with van der Waals surface area (Å²) in [6, 6.07) is 14.4. The molecule has 0 radical (unpaired) electrons. The highest BCUT2D eigenvalue weighted by Gasteiger charge is 2.06. The molecule has 5 nitrogen and oxygen atoms in total. The van der Waals surface area contributed by atoms with Gasteiger partial charge in [0, 0.05) is 24.7 Å². The van der Waals surface area contributed by atoms with Crippen molar-refractivity contribution in [3.63, 3.8) is 0 Å². The van der Waals surface area contributed by atoms with E-state index in [-0.39, 0.29) is 5.82 Å². The first-order chi connectivity index (χ1) is 13.7. The first-order valence-electron chi connectivity index (χ1n) is 9.47. The molecule has 6 heteroatoms. The summed E-state index contributed by atoms with van der Waals surface area (Å²) in [5.74, 6) is 0.555. The number of carbonyl (C=O) groups excluding carboxylic acids is 1. The van der Waals surface area contributed by atoms with Gasteiger partial charge in [-0.05, 0) is 29.7 Å². The van der Waals surface area contributed by atoms with E-state index in [1.165, 1.54) is 12.1 Å². The van der Waals surface area contributed by atoms with Crippen LogP contribution in [0.5, 0.6) is 0 Å². The average molecular weight is 381 g/mol. The van der Waals surface area contributed by atoms with Gasteiger partial charge in [0.1, 0.15) is 11.6 Å². The molecule has 0 aliphatic heterocycles. The molecule has 0 aliphatic carbocycles. The molecule has 3 rings (SSSR count). The summed E-state index contributed by atoms with van der Waals surface area (Å²) in [6.45, 7) is 2.95. The summed E-state index contributed by atoms with van der Waals surface area (Å²) < 4.78 is 18.1. The first-order valence-corrected chi connectivity index (χ1v) is 9.47. The van der Waals surface area contributed by atoms with Crippen LogP contribution < -0.4 is 5.32 Å². The van der Waals surface area contributed by atoms with Crippen molar-refractivity contribution in [3.8, 4) is 22.4 Å². The van der Waals surface area contributed by atoms with Crippen molar-refractivity contribution in [3.05, 3.63) is 66.4 Å². The van der Waals surface area contributed by atoms with Gasteiger partial charge in [0.25, 0.3) is 0 Å². The number of hydrogen-bond donors (Lipinski definition) is 2. The standard InChI is InChI=1S/C22H24FN3O2/c1-2-3-14-28-22(27)24-13-12-21-25-15-20(26-21)18-6-4-16(5-7-18)17-8-10-19(23)11-9-17/h4-11,15H,2-3,12-14H2,1H3,(H,24,27)(H,25,26). The number of H-pyrrole nitrogens is 1. The lowest BCUT2D eigenvalue weighted by molar-refractivity contribution is 0.144. The van der Waals surface area contributed by atoms with E-state index < -0.39 is 6.09 Å². The number of carbonyl (C=O) groups is 1. The van der Waals surface area contributed by atoms with Crippen molar-refractivity contribution in [2.75, 3.05) is 13.2 Å². The number of halogens is 1. The van der Waals surface area contributed by atoms with Gasteiger partial charge in [-0.1, -0.05) is 49.7 Å².